The fourth-order valence-electron chi connectivity index (χ4n) is 2.49. The van der Waals surface area contributed by atoms with Crippen molar-refractivity contribution in [2.24, 2.45) is 0 Å². The van der Waals surface area contributed by atoms with Crippen molar-refractivity contribution in [1.82, 2.24) is 10.2 Å². The zero-order valence-corrected chi connectivity index (χ0v) is 14.9. The van der Waals surface area contributed by atoms with Crippen molar-refractivity contribution in [2.75, 3.05) is 32.8 Å². The molecule has 0 aromatic heterocycles. The fourth-order valence-corrected chi connectivity index (χ4v) is 4.38. The highest BCUT2D eigenvalue weighted by Gasteiger charge is 2.25. The van der Waals surface area contributed by atoms with Crippen LogP contribution in [0.5, 0.6) is 5.75 Å². The van der Waals surface area contributed by atoms with Crippen LogP contribution in [0, 0.1) is 7.14 Å². The Hall–Kier alpha value is 0.360. The molecule has 1 atom stereocenters. The average molecular weight is 488 g/mol. The molecule has 1 fully saturated rings. The summed E-state index contributed by atoms with van der Waals surface area (Å²) in [4.78, 5) is 2.34. The number of piperazine rings is 1. The van der Waals surface area contributed by atoms with Crippen LogP contribution in [0.15, 0.2) is 12.1 Å². The molecule has 2 rings (SSSR count). The number of aromatic hydroxyl groups is 1. The smallest absolute Gasteiger partial charge is 0.133 e. The number of nitrogens with one attached hydrogen (secondary N) is 1. The molecule has 0 aliphatic carbocycles. The van der Waals surface area contributed by atoms with Crippen molar-refractivity contribution in [3.8, 4) is 5.75 Å². The minimum atomic E-state index is 0.0929. The molecular formula is C13H18I2N2O2. The second-order valence-electron chi connectivity index (χ2n) is 4.64. The summed E-state index contributed by atoms with van der Waals surface area (Å²) in [5, 5.41) is 23.0. The van der Waals surface area contributed by atoms with Crippen LogP contribution in [0.3, 0.4) is 0 Å². The number of aliphatic hydroxyl groups is 1. The summed E-state index contributed by atoms with van der Waals surface area (Å²) in [5.41, 5.74) is 0.937. The number of phenolic OH excluding ortho intramolecular Hbond substituents is 1. The minimum absolute atomic E-state index is 0.0929. The number of rotatable bonds is 4. The van der Waals surface area contributed by atoms with Gasteiger partial charge in [-0.15, -0.1) is 0 Å². The lowest BCUT2D eigenvalue weighted by Crippen LogP contribution is -2.45. The van der Waals surface area contributed by atoms with Gasteiger partial charge in [0.05, 0.1) is 3.57 Å². The van der Waals surface area contributed by atoms with Gasteiger partial charge in [-0.1, -0.05) is 0 Å². The average Bonchev–Trinajstić information content (AvgIpc) is 2.41. The van der Waals surface area contributed by atoms with Crippen LogP contribution < -0.4 is 5.32 Å². The number of phenols is 1. The SMILES string of the molecule is OCC[C@H](c1cc(I)cc(I)c1O)N1CCNCC1. The van der Waals surface area contributed by atoms with Crippen LogP contribution in [-0.2, 0) is 0 Å². The van der Waals surface area contributed by atoms with E-state index in [9.17, 15) is 10.2 Å². The van der Waals surface area contributed by atoms with E-state index in [2.05, 4.69) is 55.4 Å². The largest absolute Gasteiger partial charge is 0.506 e. The molecule has 0 amide bonds. The minimum Gasteiger partial charge on any atom is -0.506 e. The van der Waals surface area contributed by atoms with E-state index in [0.29, 0.717) is 12.2 Å². The van der Waals surface area contributed by atoms with Gasteiger partial charge in [0.15, 0.2) is 0 Å². The van der Waals surface area contributed by atoms with E-state index in [0.717, 1.165) is 38.9 Å². The van der Waals surface area contributed by atoms with Crippen molar-refractivity contribution in [2.45, 2.75) is 12.5 Å². The summed E-state index contributed by atoms with van der Waals surface area (Å²) >= 11 is 4.43. The molecule has 1 aliphatic heterocycles. The number of benzene rings is 1. The van der Waals surface area contributed by atoms with Crippen LogP contribution >= 0.6 is 45.2 Å². The Kier molecular flexibility index (Phi) is 6.12. The molecule has 0 saturated carbocycles. The van der Waals surface area contributed by atoms with Gasteiger partial charge in [-0.25, -0.2) is 0 Å². The van der Waals surface area contributed by atoms with Crippen LogP contribution in [0.4, 0.5) is 0 Å². The van der Waals surface area contributed by atoms with Crippen LogP contribution in [0.2, 0.25) is 0 Å². The Morgan fingerprint density at radius 2 is 1.95 bits per heavy atom. The number of hydrogen-bond donors (Lipinski definition) is 3. The molecule has 19 heavy (non-hydrogen) atoms. The van der Waals surface area contributed by atoms with Crippen molar-refractivity contribution in [3.05, 3.63) is 24.8 Å². The van der Waals surface area contributed by atoms with Gasteiger partial charge in [-0.05, 0) is 63.7 Å². The molecule has 4 nitrogen and oxygen atoms in total. The van der Waals surface area contributed by atoms with Gasteiger partial charge in [0.2, 0.25) is 0 Å². The van der Waals surface area contributed by atoms with Crippen LogP contribution in [-0.4, -0.2) is 47.9 Å². The molecule has 1 aromatic rings. The highest BCUT2D eigenvalue weighted by atomic mass is 127. The van der Waals surface area contributed by atoms with Gasteiger partial charge in [0, 0.05) is 48.0 Å². The van der Waals surface area contributed by atoms with E-state index in [-0.39, 0.29) is 12.6 Å². The number of hydrogen-bond acceptors (Lipinski definition) is 4. The molecule has 1 heterocycles. The molecule has 1 aliphatic rings. The second-order valence-corrected chi connectivity index (χ2v) is 7.05. The van der Waals surface area contributed by atoms with E-state index in [1.165, 1.54) is 0 Å². The Bertz CT molecular complexity index is 437. The Labute approximate surface area is 140 Å². The first-order chi connectivity index (χ1) is 9.13. The van der Waals surface area contributed by atoms with E-state index in [1.54, 1.807) is 0 Å². The third-order valence-corrected chi connectivity index (χ3v) is 4.86. The molecule has 1 saturated heterocycles. The Morgan fingerprint density at radius 3 is 2.58 bits per heavy atom. The third kappa shape index (κ3) is 3.93. The first kappa shape index (κ1) is 15.7. The van der Waals surface area contributed by atoms with Crippen molar-refractivity contribution in [1.29, 1.82) is 0 Å². The zero-order valence-electron chi connectivity index (χ0n) is 10.6. The van der Waals surface area contributed by atoms with Gasteiger partial charge >= 0.3 is 0 Å². The lowest BCUT2D eigenvalue weighted by Gasteiger charge is -2.35. The number of halogens is 2. The molecular weight excluding hydrogens is 470 g/mol. The maximum absolute atomic E-state index is 10.3. The highest BCUT2D eigenvalue weighted by Crippen LogP contribution is 2.35. The monoisotopic (exact) mass is 488 g/mol. The first-order valence-electron chi connectivity index (χ1n) is 6.37. The van der Waals surface area contributed by atoms with E-state index in [1.807, 2.05) is 12.1 Å². The predicted molar refractivity (Wildman–Crippen MR) is 92.4 cm³/mol. The van der Waals surface area contributed by atoms with Crippen molar-refractivity contribution >= 4 is 45.2 Å². The second kappa shape index (κ2) is 7.39. The highest BCUT2D eigenvalue weighted by molar-refractivity contribution is 14.1. The van der Waals surface area contributed by atoms with Crippen LogP contribution in [0.1, 0.15) is 18.0 Å². The van der Waals surface area contributed by atoms with Gasteiger partial charge in [-0.2, -0.15) is 0 Å². The molecule has 0 radical (unpaired) electrons. The Balaban J connectivity index is 2.32. The summed E-state index contributed by atoms with van der Waals surface area (Å²) in [7, 11) is 0. The molecule has 3 N–H and O–H groups in total. The molecule has 6 heteroatoms. The van der Waals surface area contributed by atoms with E-state index < -0.39 is 0 Å². The molecule has 0 bridgehead atoms. The maximum atomic E-state index is 10.3. The van der Waals surface area contributed by atoms with Gasteiger partial charge in [0.1, 0.15) is 5.75 Å². The number of nitrogens with zero attached hydrogens (tertiary/aromatic N) is 1. The van der Waals surface area contributed by atoms with E-state index >= 15 is 0 Å². The predicted octanol–water partition coefficient (Wildman–Crippen LogP) is 1.93. The lowest BCUT2D eigenvalue weighted by atomic mass is 10.0. The summed E-state index contributed by atoms with van der Waals surface area (Å²) in [5.74, 6) is 0.359. The molecule has 1 aromatic carbocycles. The summed E-state index contributed by atoms with van der Waals surface area (Å²) < 4.78 is 1.99. The number of aliphatic hydroxyl groups excluding tert-OH is 1. The van der Waals surface area contributed by atoms with Crippen molar-refractivity contribution in [3.63, 3.8) is 0 Å². The zero-order chi connectivity index (χ0) is 13.8. The maximum Gasteiger partial charge on any atom is 0.133 e. The summed E-state index contributed by atoms with van der Waals surface area (Å²) in [6.07, 6.45) is 0.656. The van der Waals surface area contributed by atoms with E-state index in [4.69, 9.17) is 0 Å². The third-order valence-electron chi connectivity index (χ3n) is 3.41. The van der Waals surface area contributed by atoms with Gasteiger partial charge < -0.3 is 15.5 Å². The molecule has 0 spiro atoms. The summed E-state index contributed by atoms with van der Waals surface area (Å²) in [6.45, 7) is 3.96. The van der Waals surface area contributed by atoms with Gasteiger partial charge in [0.25, 0.3) is 0 Å². The lowest BCUT2D eigenvalue weighted by molar-refractivity contribution is 0.139. The molecule has 0 unspecified atom stereocenters. The topological polar surface area (TPSA) is 55.7 Å². The first-order valence-corrected chi connectivity index (χ1v) is 8.52. The van der Waals surface area contributed by atoms with Crippen LogP contribution in [0.25, 0.3) is 0 Å². The van der Waals surface area contributed by atoms with Gasteiger partial charge in [-0.3, -0.25) is 4.90 Å². The molecule has 106 valence electrons. The van der Waals surface area contributed by atoms with Crippen molar-refractivity contribution < 1.29 is 10.2 Å². The Morgan fingerprint density at radius 1 is 1.26 bits per heavy atom. The standard InChI is InChI=1S/C13H18I2N2O2/c14-9-7-10(13(19)11(15)8-9)12(1-6-18)17-4-2-16-3-5-17/h7-8,12,16,18-19H,1-6H2/t12-/m1/s1. The quantitative estimate of drug-likeness (QED) is 0.568. The fraction of sp³-hybridized carbons (Fsp3) is 0.538. The summed E-state index contributed by atoms with van der Waals surface area (Å²) in [6, 6.07) is 4.09. The normalized spacial score (nSPS) is 18.5.